The third kappa shape index (κ3) is 9.28. The van der Waals surface area contributed by atoms with Gasteiger partial charge in [-0.05, 0) is 25.3 Å². The van der Waals surface area contributed by atoms with Gasteiger partial charge in [0.15, 0.2) is 0 Å². The first kappa shape index (κ1) is 17.7. The minimum atomic E-state index is 0.201. The quantitative estimate of drug-likeness (QED) is 0.578. The first-order chi connectivity index (χ1) is 10.2. The Morgan fingerprint density at radius 1 is 1.00 bits per heavy atom. The van der Waals surface area contributed by atoms with E-state index < -0.39 is 0 Å². The van der Waals surface area contributed by atoms with Crippen molar-refractivity contribution in [2.24, 2.45) is 0 Å². The Kier molecular flexibility index (Phi) is 9.60. The third-order valence-corrected chi connectivity index (χ3v) is 3.80. The highest BCUT2D eigenvalue weighted by molar-refractivity contribution is 5.76. The predicted octanol–water partition coefficient (Wildman–Crippen LogP) is 4.87. The molecule has 0 spiro atoms. The molecule has 0 heterocycles. The van der Waals surface area contributed by atoms with Crippen molar-refractivity contribution in [3.63, 3.8) is 0 Å². The van der Waals surface area contributed by atoms with Crippen LogP contribution < -0.4 is 5.32 Å². The zero-order valence-corrected chi connectivity index (χ0v) is 13.7. The third-order valence-electron chi connectivity index (χ3n) is 3.80. The summed E-state index contributed by atoms with van der Waals surface area (Å²) in [5.41, 5.74) is 1.28. The number of rotatable bonds is 11. The standard InChI is InChI=1S/C19H31NO/c1-3-4-5-6-7-8-12-15-19(21)20-17(2)16-18-13-10-9-11-14-18/h9-11,13-14,17H,3-8,12,15-16H2,1-2H3,(H,20,21)/t17-/m0/s1. The molecule has 0 saturated heterocycles. The van der Waals surface area contributed by atoms with Crippen LogP contribution in [0.3, 0.4) is 0 Å². The van der Waals surface area contributed by atoms with Gasteiger partial charge in [-0.1, -0.05) is 75.8 Å². The Bertz CT molecular complexity index is 374. The summed E-state index contributed by atoms with van der Waals surface area (Å²) >= 11 is 0. The summed E-state index contributed by atoms with van der Waals surface area (Å²) in [5, 5.41) is 3.10. The fourth-order valence-corrected chi connectivity index (χ4v) is 2.61. The van der Waals surface area contributed by atoms with Crippen molar-refractivity contribution >= 4 is 5.91 Å². The van der Waals surface area contributed by atoms with Gasteiger partial charge in [0.05, 0.1) is 0 Å². The van der Waals surface area contributed by atoms with Crippen LogP contribution >= 0.6 is 0 Å². The van der Waals surface area contributed by atoms with Crippen LogP contribution in [0.15, 0.2) is 30.3 Å². The highest BCUT2D eigenvalue weighted by atomic mass is 16.1. The first-order valence-corrected chi connectivity index (χ1v) is 8.55. The molecule has 0 aliphatic carbocycles. The summed E-state index contributed by atoms with van der Waals surface area (Å²) in [7, 11) is 0. The van der Waals surface area contributed by atoms with Crippen LogP contribution in [-0.2, 0) is 11.2 Å². The lowest BCUT2D eigenvalue weighted by Crippen LogP contribution is -2.33. The molecule has 1 rings (SSSR count). The van der Waals surface area contributed by atoms with Crippen molar-refractivity contribution in [1.82, 2.24) is 5.32 Å². The van der Waals surface area contributed by atoms with Crippen molar-refractivity contribution in [2.45, 2.75) is 77.7 Å². The van der Waals surface area contributed by atoms with Crippen LogP contribution in [0.2, 0.25) is 0 Å². The van der Waals surface area contributed by atoms with Gasteiger partial charge in [0.25, 0.3) is 0 Å². The maximum absolute atomic E-state index is 11.9. The van der Waals surface area contributed by atoms with Gasteiger partial charge in [0, 0.05) is 12.5 Å². The molecule has 1 aromatic rings. The van der Waals surface area contributed by atoms with Crippen LogP contribution in [0.4, 0.5) is 0 Å². The van der Waals surface area contributed by atoms with Gasteiger partial charge in [-0.25, -0.2) is 0 Å². The molecule has 0 bridgehead atoms. The van der Waals surface area contributed by atoms with Gasteiger partial charge in [0.2, 0.25) is 5.91 Å². The van der Waals surface area contributed by atoms with Crippen LogP contribution in [0.1, 0.15) is 70.8 Å². The molecule has 0 aliphatic rings. The Balaban J connectivity index is 2.05. The van der Waals surface area contributed by atoms with E-state index in [1.54, 1.807) is 0 Å². The number of carbonyl (C=O) groups is 1. The largest absolute Gasteiger partial charge is 0.353 e. The molecule has 1 N–H and O–H groups in total. The summed E-state index contributed by atoms with van der Waals surface area (Å²) in [6.07, 6.45) is 10.4. The summed E-state index contributed by atoms with van der Waals surface area (Å²) in [5.74, 6) is 0.201. The van der Waals surface area contributed by atoms with E-state index in [1.165, 1.54) is 44.1 Å². The molecule has 21 heavy (non-hydrogen) atoms. The van der Waals surface area contributed by atoms with Gasteiger partial charge in [-0.3, -0.25) is 4.79 Å². The van der Waals surface area contributed by atoms with E-state index in [0.717, 1.165) is 12.8 Å². The molecule has 0 saturated carbocycles. The normalized spacial score (nSPS) is 12.1. The summed E-state index contributed by atoms with van der Waals surface area (Å²) < 4.78 is 0. The van der Waals surface area contributed by atoms with Crippen LogP contribution in [0.5, 0.6) is 0 Å². The van der Waals surface area contributed by atoms with E-state index in [9.17, 15) is 4.79 Å². The molecule has 1 aromatic carbocycles. The molecule has 0 aliphatic heterocycles. The second-order valence-electron chi connectivity index (χ2n) is 6.03. The van der Waals surface area contributed by atoms with Crippen LogP contribution in [0, 0.1) is 0 Å². The minimum absolute atomic E-state index is 0.201. The van der Waals surface area contributed by atoms with Crippen molar-refractivity contribution in [1.29, 1.82) is 0 Å². The van der Waals surface area contributed by atoms with Gasteiger partial charge < -0.3 is 5.32 Å². The molecule has 2 nitrogen and oxygen atoms in total. The van der Waals surface area contributed by atoms with Crippen molar-refractivity contribution in [3.8, 4) is 0 Å². The minimum Gasteiger partial charge on any atom is -0.353 e. The van der Waals surface area contributed by atoms with Gasteiger partial charge in [-0.2, -0.15) is 0 Å². The van der Waals surface area contributed by atoms with Crippen LogP contribution in [-0.4, -0.2) is 11.9 Å². The van der Waals surface area contributed by atoms with Crippen molar-refractivity contribution < 1.29 is 4.79 Å². The van der Waals surface area contributed by atoms with E-state index >= 15 is 0 Å². The maximum Gasteiger partial charge on any atom is 0.220 e. The number of carbonyl (C=O) groups excluding carboxylic acids is 1. The average molecular weight is 289 g/mol. The highest BCUT2D eigenvalue weighted by Crippen LogP contribution is 2.08. The Morgan fingerprint density at radius 3 is 2.29 bits per heavy atom. The monoisotopic (exact) mass is 289 g/mol. The number of nitrogens with one attached hydrogen (secondary N) is 1. The molecule has 1 atom stereocenters. The van der Waals surface area contributed by atoms with Gasteiger partial charge >= 0.3 is 0 Å². The molecular weight excluding hydrogens is 258 g/mol. The van der Waals surface area contributed by atoms with E-state index in [4.69, 9.17) is 0 Å². The first-order valence-electron chi connectivity index (χ1n) is 8.55. The lowest BCUT2D eigenvalue weighted by molar-refractivity contribution is -0.121. The molecule has 1 amide bonds. The zero-order valence-electron chi connectivity index (χ0n) is 13.7. The van der Waals surface area contributed by atoms with E-state index in [1.807, 2.05) is 18.2 Å². The smallest absolute Gasteiger partial charge is 0.220 e. The molecule has 118 valence electrons. The number of unbranched alkanes of at least 4 members (excludes halogenated alkanes) is 6. The number of hydrogen-bond donors (Lipinski definition) is 1. The number of benzene rings is 1. The highest BCUT2D eigenvalue weighted by Gasteiger charge is 2.07. The molecule has 2 heteroatoms. The molecule has 0 unspecified atom stereocenters. The topological polar surface area (TPSA) is 29.1 Å². The lowest BCUT2D eigenvalue weighted by Gasteiger charge is -2.14. The lowest BCUT2D eigenvalue weighted by atomic mass is 10.1. The van der Waals surface area contributed by atoms with Crippen molar-refractivity contribution in [2.75, 3.05) is 0 Å². The molecular formula is C19H31NO. The number of hydrogen-bond acceptors (Lipinski definition) is 1. The number of amides is 1. The summed E-state index contributed by atoms with van der Waals surface area (Å²) in [4.78, 5) is 11.9. The van der Waals surface area contributed by atoms with Crippen molar-refractivity contribution in [3.05, 3.63) is 35.9 Å². The molecule has 0 aromatic heterocycles. The van der Waals surface area contributed by atoms with Gasteiger partial charge in [-0.15, -0.1) is 0 Å². The Labute approximate surface area is 130 Å². The second-order valence-corrected chi connectivity index (χ2v) is 6.03. The van der Waals surface area contributed by atoms with E-state index in [0.29, 0.717) is 6.42 Å². The Hall–Kier alpha value is -1.31. The SMILES string of the molecule is CCCCCCCCCC(=O)N[C@@H](C)Cc1ccccc1. The fraction of sp³-hybridized carbons (Fsp3) is 0.632. The fourth-order valence-electron chi connectivity index (χ4n) is 2.61. The average Bonchev–Trinajstić information content (AvgIpc) is 2.47. The maximum atomic E-state index is 11.9. The molecule has 0 radical (unpaired) electrons. The van der Waals surface area contributed by atoms with E-state index in [2.05, 4.69) is 31.3 Å². The van der Waals surface area contributed by atoms with Crippen LogP contribution in [0.25, 0.3) is 0 Å². The van der Waals surface area contributed by atoms with Gasteiger partial charge in [0.1, 0.15) is 0 Å². The Morgan fingerprint density at radius 2 is 1.62 bits per heavy atom. The second kappa shape index (κ2) is 11.4. The summed E-state index contributed by atoms with van der Waals surface area (Å²) in [6.45, 7) is 4.32. The summed E-state index contributed by atoms with van der Waals surface area (Å²) in [6, 6.07) is 10.5. The molecule has 0 fully saturated rings. The zero-order chi connectivity index (χ0) is 15.3. The van der Waals surface area contributed by atoms with E-state index in [-0.39, 0.29) is 11.9 Å². The predicted molar refractivity (Wildman–Crippen MR) is 90.4 cm³/mol.